The van der Waals surface area contributed by atoms with Crippen molar-refractivity contribution in [2.45, 2.75) is 37.8 Å². The summed E-state index contributed by atoms with van der Waals surface area (Å²) in [5, 5.41) is 0. The Balaban J connectivity index is 1.09. The second-order valence-corrected chi connectivity index (χ2v) is 11.4. The Kier molecular flexibility index (Phi) is 8.00. The van der Waals surface area contributed by atoms with E-state index in [0.717, 1.165) is 61.8 Å². The lowest BCUT2D eigenvalue weighted by Gasteiger charge is -2.35. The van der Waals surface area contributed by atoms with Crippen LogP contribution in [0.1, 0.15) is 45.5 Å². The van der Waals surface area contributed by atoms with Gasteiger partial charge in [0, 0.05) is 25.2 Å². The van der Waals surface area contributed by atoms with Crippen LogP contribution in [0.4, 0.5) is 0 Å². The van der Waals surface area contributed by atoms with Crippen LogP contribution in [0.3, 0.4) is 0 Å². The van der Waals surface area contributed by atoms with Crippen LogP contribution in [-0.4, -0.2) is 51.2 Å². The highest BCUT2D eigenvalue weighted by atomic mass is 16.5. The van der Waals surface area contributed by atoms with Gasteiger partial charge in [-0.1, -0.05) is 36.4 Å². The monoisotopic (exact) mass is 548 g/mol. The molecule has 0 fully saturated rings. The van der Waals surface area contributed by atoms with Crippen LogP contribution in [0.2, 0.25) is 0 Å². The topological polar surface area (TPSA) is 34.2 Å². The van der Waals surface area contributed by atoms with E-state index in [-0.39, 0.29) is 0 Å². The highest BCUT2D eigenvalue weighted by molar-refractivity contribution is 5.42. The van der Waals surface area contributed by atoms with Gasteiger partial charge in [0.1, 0.15) is 23.0 Å². The van der Waals surface area contributed by atoms with Crippen molar-refractivity contribution in [1.29, 1.82) is 0 Å². The molecule has 0 aliphatic carbocycles. The maximum absolute atomic E-state index is 6.23. The molecule has 2 atom stereocenters. The van der Waals surface area contributed by atoms with Crippen LogP contribution >= 0.6 is 0 Å². The SMILES string of the molecule is COc1ccc2c(c1)CCN(C)[C@@H]2Cc1ccc(Oc2ccc(C[C@@H]3c4ccc(OC)cc4CCN3C)cc2)cc1. The van der Waals surface area contributed by atoms with Gasteiger partial charge in [0.2, 0.25) is 0 Å². The van der Waals surface area contributed by atoms with E-state index in [1.807, 2.05) is 0 Å². The van der Waals surface area contributed by atoms with Gasteiger partial charge in [-0.3, -0.25) is 9.80 Å². The molecule has 0 saturated heterocycles. The first-order valence-electron chi connectivity index (χ1n) is 14.6. The average Bonchev–Trinajstić information content (AvgIpc) is 3.01. The normalized spacial score (nSPS) is 18.8. The molecule has 0 radical (unpaired) electrons. The largest absolute Gasteiger partial charge is 0.497 e. The van der Waals surface area contributed by atoms with Gasteiger partial charge in [-0.15, -0.1) is 0 Å². The standard InChI is InChI=1S/C36H40N2O3/c1-37-19-17-27-23-31(39-3)13-15-33(27)35(37)21-25-5-9-29(10-6-25)41-30-11-7-26(8-12-30)22-36-34-16-14-32(40-4)24-28(34)18-20-38(36)2/h5-16,23-24,35-36H,17-22H2,1-4H3/t35-,36-/m1/s1. The first kappa shape index (κ1) is 27.4. The lowest BCUT2D eigenvalue weighted by molar-refractivity contribution is 0.229. The molecule has 0 N–H and O–H groups in total. The van der Waals surface area contributed by atoms with Crippen LogP contribution in [-0.2, 0) is 25.7 Å². The van der Waals surface area contributed by atoms with Crippen molar-refractivity contribution < 1.29 is 14.2 Å². The number of benzene rings is 4. The molecule has 6 rings (SSSR count). The maximum atomic E-state index is 6.23. The molecule has 0 bridgehead atoms. The molecule has 2 aliphatic heterocycles. The molecule has 41 heavy (non-hydrogen) atoms. The fourth-order valence-electron chi connectivity index (χ4n) is 6.38. The van der Waals surface area contributed by atoms with E-state index >= 15 is 0 Å². The predicted molar refractivity (Wildman–Crippen MR) is 165 cm³/mol. The molecule has 5 nitrogen and oxygen atoms in total. The molecule has 4 aromatic rings. The van der Waals surface area contributed by atoms with Crippen molar-refractivity contribution in [3.63, 3.8) is 0 Å². The number of hydrogen-bond donors (Lipinski definition) is 0. The van der Waals surface area contributed by atoms with E-state index in [0.29, 0.717) is 12.1 Å². The van der Waals surface area contributed by atoms with Crippen LogP contribution in [0.15, 0.2) is 84.9 Å². The minimum atomic E-state index is 0.362. The van der Waals surface area contributed by atoms with E-state index in [4.69, 9.17) is 14.2 Å². The predicted octanol–water partition coefficient (Wildman–Crippen LogP) is 7.04. The molecular formula is C36H40N2O3. The Bertz CT molecular complexity index is 1370. The number of likely N-dealkylation sites (N-methyl/N-ethyl adjacent to an activating group) is 2. The van der Waals surface area contributed by atoms with Gasteiger partial charge in [-0.05, 0) is 122 Å². The molecule has 2 aliphatic rings. The van der Waals surface area contributed by atoms with Gasteiger partial charge in [0.25, 0.3) is 0 Å². The lowest BCUT2D eigenvalue weighted by atomic mass is 9.89. The Morgan fingerprint density at radius 3 is 1.34 bits per heavy atom. The van der Waals surface area contributed by atoms with Gasteiger partial charge in [0.05, 0.1) is 14.2 Å². The van der Waals surface area contributed by atoms with E-state index in [1.54, 1.807) is 14.2 Å². The number of fused-ring (bicyclic) bond motifs is 2. The minimum Gasteiger partial charge on any atom is -0.497 e. The molecule has 5 heteroatoms. The van der Waals surface area contributed by atoms with Crippen LogP contribution in [0.5, 0.6) is 23.0 Å². The van der Waals surface area contributed by atoms with Crippen LogP contribution in [0.25, 0.3) is 0 Å². The third-order valence-corrected chi connectivity index (χ3v) is 8.89. The van der Waals surface area contributed by atoms with Crippen molar-refractivity contribution in [2.75, 3.05) is 41.4 Å². The Hall–Kier alpha value is -3.80. The van der Waals surface area contributed by atoms with Gasteiger partial charge in [0.15, 0.2) is 0 Å². The first-order chi connectivity index (χ1) is 20.0. The zero-order valence-electron chi connectivity index (χ0n) is 24.6. The molecule has 212 valence electrons. The van der Waals surface area contributed by atoms with E-state index in [9.17, 15) is 0 Å². The Morgan fingerprint density at radius 1 is 0.561 bits per heavy atom. The van der Waals surface area contributed by atoms with Gasteiger partial charge < -0.3 is 14.2 Å². The van der Waals surface area contributed by atoms with Crippen molar-refractivity contribution in [3.05, 3.63) is 118 Å². The van der Waals surface area contributed by atoms with Gasteiger partial charge in [-0.25, -0.2) is 0 Å². The highest BCUT2D eigenvalue weighted by Crippen LogP contribution is 2.35. The summed E-state index contributed by atoms with van der Waals surface area (Å²) in [5.41, 5.74) is 8.22. The summed E-state index contributed by atoms with van der Waals surface area (Å²) in [6.45, 7) is 2.11. The molecule has 0 aromatic heterocycles. The van der Waals surface area contributed by atoms with Crippen molar-refractivity contribution in [3.8, 4) is 23.0 Å². The number of nitrogens with zero attached hydrogens (tertiary/aromatic N) is 2. The minimum absolute atomic E-state index is 0.362. The maximum Gasteiger partial charge on any atom is 0.127 e. The summed E-state index contributed by atoms with van der Waals surface area (Å²) in [4.78, 5) is 4.92. The summed E-state index contributed by atoms with van der Waals surface area (Å²) >= 11 is 0. The van der Waals surface area contributed by atoms with Gasteiger partial charge >= 0.3 is 0 Å². The first-order valence-corrected chi connectivity index (χ1v) is 14.6. The van der Waals surface area contributed by atoms with E-state index in [1.165, 1.54) is 33.4 Å². The fraction of sp³-hybridized carbons (Fsp3) is 0.333. The summed E-state index contributed by atoms with van der Waals surface area (Å²) < 4.78 is 17.1. The fourth-order valence-corrected chi connectivity index (χ4v) is 6.38. The molecule has 0 unspecified atom stereocenters. The van der Waals surface area contributed by atoms with Crippen LogP contribution < -0.4 is 14.2 Å². The van der Waals surface area contributed by atoms with Crippen molar-refractivity contribution in [1.82, 2.24) is 9.80 Å². The third kappa shape index (κ3) is 5.97. The molecule has 4 aromatic carbocycles. The lowest BCUT2D eigenvalue weighted by Crippen LogP contribution is -2.33. The van der Waals surface area contributed by atoms with E-state index < -0.39 is 0 Å². The second kappa shape index (κ2) is 12.0. The third-order valence-electron chi connectivity index (χ3n) is 8.89. The summed E-state index contributed by atoms with van der Waals surface area (Å²) in [7, 11) is 7.92. The number of methoxy groups -OCH3 is 2. The summed E-state index contributed by atoms with van der Waals surface area (Å²) in [6.07, 6.45) is 4.06. The quantitative estimate of drug-likeness (QED) is 0.236. The van der Waals surface area contributed by atoms with Crippen molar-refractivity contribution in [2.24, 2.45) is 0 Å². The van der Waals surface area contributed by atoms with E-state index in [2.05, 4.69) is 109 Å². The Morgan fingerprint density at radius 2 is 0.951 bits per heavy atom. The number of ether oxygens (including phenoxy) is 3. The average molecular weight is 549 g/mol. The molecule has 0 spiro atoms. The second-order valence-electron chi connectivity index (χ2n) is 11.4. The zero-order valence-corrected chi connectivity index (χ0v) is 24.6. The molecule has 0 amide bonds. The van der Waals surface area contributed by atoms with Crippen LogP contribution in [0, 0.1) is 0 Å². The summed E-state index contributed by atoms with van der Waals surface area (Å²) in [5.74, 6) is 3.60. The highest BCUT2D eigenvalue weighted by Gasteiger charge is 2.26. The summed E-state index contributed by atoms with van der Waals surface area (Å²) in [6, 6.07) is 30.9. The number of rotatable bonds is 8. The molecular weight excluding hydrogens is 508 g/mol. The van der Waals surface area contributed by atoms with Crippen molar-refractivity contribution >= 4 is 0 Å². The Labute approximate surface area is 244 Å². The van der Waals surface area contributed by atoms with Gasteiger partial charge in [-0.2, -0.15) is 0 Å². The zero-order chi connectivity index (χ0) is 28.3. The molecule has 0 saturated carbocycles. The smallest absolute Gasteiger partial charge is 0.127 e. The molecule has 2 heterocycles. The number of hydrogen-bond acceptors (Lipinski definition) is 5.